The van der Waals surface area contributed by atoms with E-state index in [0.29, 0.717) is 5.56 Å². The van der Waals surface area contributed by atoms with Gasteiger partial charge in [-0.3, -0.25) is 0 Å². The fraction of sp³-hybridized carbons (Fsp3) is 0.0769. The van der Waals surface area contributed by atoms with Crippen molar-refractivity contribution in [3.05, 3.63) is 108 Å². The van der Waals surface area contributed by atoms with Gasteiger partial charge in [0.15, 0.2) is 17.5 Å². The lowest BCUT2D eigenvalue weighted by molar-refractivity contribution is 0.447. The summed E-state index contributed by atoms with van der Waals surface area (Å²) in [6, 6.07) is 22.0. The van der Waals surface area contributed by atoms with Crippen molar-refractivity contribution in [2.45, 2.75) is 13.3 Å². The van der Waals surface area contributed by atoms with Crippen LogP contribution in [0.5, 0.6) is 0 Å². The Kier molecular flexibility index (Phi) is 5.40. The molecule has 4 aromatic rings. The normalized spacial score (nSPS) is 11.0. The van der Waals surface area contributed by atoms with Gasteiger partial charge in [0, 0.05) is 5.56 Å². The Morgan fingerprint density at radius 1 is 0.500 bits per heavy atom. The topological polar surface area (TPSA) is 0 Å². The summed E-state index contributed by atoms with van der Waals surface area (Å²) in [5, 5.41) is 0. The minimum absolute atomic E-state index is 0.00387. The van der Waals surface area contributed by atoms with Crippen LogP contribution in [0.4, 0.5) is 17.6 Å². The fourth-order valence-electron chi connectivity index (χ4n) is 3.43. The molecule has 0 aliphatic heterocycles. The van der Waals surface area contributed by atoms with Gasteiger partial charge in [-0.25, -0.2) is 17.6 Å². The lowest BCUT2D eigenvalue weighted by Crippen LogP contribution is -1.94. The van der Waals surface area contributed by atoms with Crippen molar-refractivity contribution < 1.29 is 17.6 Å². The van der Waals surface area contributed by atoms with Gasteiger partial charge in [0.25, 0.3) is 0 Å². The maximum absolute atomic E-state index is 14.7. The standard InChI is InChI=1S/C26H18F4/c1-2-16-3-5-17(6-4-16)18-7-9-19(10-8-18)20-11-12-22(23(27)13-20)21-14-24(28)26(30)25(29)15-21/h3-15H,2H2,1H3. The fourth-order valence-corrected chi connectivity index (χ4v) is 3.43. The van der Waals surface area contributed by atoms with E-state index in [1.165, 1.54) is 17.7 Å². The molecule has 0 fully saturated rings. The number of rotatable bonds is 4. The van der Waals surface area contributed by atoms with E-state index in [2.05, 4.69) is 31.2 Å². The van der Waals surface area contributed by atoms with Crippen LogP contribution in [0.2, 0.25) is 0 Å². The van der Waals surface area contributed by atoms with Gasteiger partial charge in [0.1, 0.15) is 5.82 Å². The van der Waals surface area contributed by atoms with Crippen molar-refractivity contribution in [2.24, 2.45) is 0 Å². The van der Waals surface area contributed by atoms with Gasteiger partial charge in [0.05, 0.1) is 0 Å². The number of hydrogen-bond donors (Lipinski definition) is 0. The van der Waals surface area contributed by atoms with Crippen molar-refractivity contribution in [1.82, 2.24) is 0 Å². The summed E-state index contributed by atoms with van der Waals surface area (Å²) in [6.07, 6.45) is 0.984. The third kappa shape index (κ3) is 3.86. The average molecular weight is 406 g/mol. The monoisotopic (exact) mass is 406 g/mol. The van der Waals surface area contributed by atoms with Crippen LogP contribution in [0.25, 0.3) is 33.4 Å². The van der Waals surface area contributed by atoms with Crippen molar-refractivity contribution >= 4 is 0 Å². The molecular weight excluding hydrogens is 388 g/mol. The van der Waals surface area contributed by atoms with Crippen molar-refractivity contribution in [2.75, 3.05) is 0 Å². The van der Waals surface area contributed by atoms with Crippen molar-refractivity contribution in [3.8, 4) is 33.4 Å². The molecule has 4 aromatic carbocycles. The highest BCUT2D eigenvalue weighted by Crippen LogP contribution is 2.31. The summed E-state index contributed by atoms with van der Waals surface area (Å²) in [5.74, 6) is -4.91. The maximum atomic E-state index is 14.7. The van der Waals surface area contributed by atoms with E-state index in [0.717, 1.165) is 35.2 Å². The third-order valence-corrected chi connectivity index (χ3v) is 5.18. The summed E-state index contributed by atoms with van der Waals surface area (Å²) in [5.41, 5.74) is 4.81. The zero-order valence-electron chi connectivity index (χ0n) is 16.2. The summed E-state index contributed by atoms with van der Waals surface area (Å²) in [4.78, 5) is 0. The molecule has 0 N–H and O–H groups in total. The van der Waals surface area contributed by atoms with Crippen molar-refractivity contribution in [1.29, 1.82) is 0 Å². The second kappa shape index (κ2) is 8.15. The minimum Gasteiger partial charge on any atom is -0.206 e. The first-order valence-corrected chi connectivity index (χ1v) is 9.60. The Morgan fingerprint density at radius 2 is 0.933 bits per heavy atom. The first kappa shape index (κ1) is 19.9. The van der Waals surface area contributed by atoms with Crippen LogP contribution in [-0.2, 0) is 6.42 Å². The van der Waals surface area contributed by atoms with E-state index in [1.54, 1.807) is 6.07 Å². The predicted molar refractivity (Wildman–Crippen MR) is 112 cm³/mol. The summed E-state index contributed by atoms with van der Waals surface area (Å²) in [6.45, 7) is 2.11. The van der Waals surface area contributed by atoms with Gasteiger partial charge in [0.2, 0.25) is 0 Å². The lowest BCUT2D eigenvalue weighted by Gasteiger charge is -2.09. The van der Waals surface area contributed by atoms with E-state index in [-0.39, 0.29) is 11.1 Å². The number of benzene rings is 4. The number of aryl methyl sites for hydroxylation is 1. The molecule has 150 valence electrons. The third-order valence-electron chi connectivity index (χ3n) is 5.18. The minimum atomic E-state index is -1.57. The van der Waals surface area contributed by atoms with Gasteiger partial charge in [-0.2, -0.15) is 0 Å². The van der Waals surface area contributed by atoms with Crippen molar-refractivity contribution in [3.63, 3.8) is 0 Å². The summed E-state index contributed by atoms with van der Waals surface area (Å²) < 4.78 is 54.8. The Hall–Kier alpha value is -3.40. The molecule has 4 rings (SSSR count). The van der Waals surface area contributed by atoms with Crippen LogP contribution >= 0.6 is 0 Å². The van der Waals surface area contributed by atoms with Crippen LogP contribution in [0.3, 0.4) is 0 Å². The van der Waals surface area contributed by atoms with E-state index >= 15 is 0 Å². The molecule has 0 amide bonds. The molecule has 0 spiro atoms. The van der Waals surface area contributed by atoms with E-state index in [1.807, 2.05) is 24.3 Å². The average Bonchev–Trinajstić information content (AvgIpc) is 2.77. The molecule has 4 heteroatoms. The van der Waals surface area contributed by atoms with Crippen LogP contribution in [0.1, 0.15) is 12.5 Å². The second-order valence-corrected chi connectivity index (χ2v) is 7.08. The molecule has 0 aromatic heterocycles. The van der Waals surface area contributed by atoms with Gasteiger partial charge in [-0.05, 0) is 58.0 Å². The summed E-state index contributed by atoms with van der Waals surface area (Å²) in [7, 11) is 0. The zero-order valence-corrected chi connectivity index (χ0v) is 16.2. The van der Waals surface area contributed by atoms with Gasteiger partial charge < -0.3 is 0 Å². The number of hydrogen-bond acceptors (Lipinski definition) is 0. The van der Waals surface area contributed by atoms with Crippen LogP contribution < -0.4 is 0 Å². The summed E-state index contributed by atoms with van der Waals surface area (Å²) >= 11 is 0. The first-order chi connectivity index (χ1) is 14.5. The molecule has 0 saturated carbocycles. The second-order valence-electron chi connectivity index (χ2n) is 7.08. The Labute approximate surface area is 172 Å². The molecular formula is C26H18F4. The SMILES string of the molecule is CCc1ccc(-c2ccc(-c3ccc(-c4cc(F)c(F)c(F)c4)c(F)c3)cc2)cc1. The van der Waals surface area contributed by atoms with Crippen LogP contribution in [-0.4, -0.2) is 0 Å². The highest BCUT2D eigenvalue weighted by molar-refractivity contribution is 5.73. The molecule has 0 nitrogen and oxygen atoms in total. The van der Waals surface area contributed by atoms with E-state index in [4.69, 9.17) is 0 Å². The van der Waals surface area contributed by atoms with Crippen LogP contribution in [0, 0.1) is 23.3 Å². The Morgan fingerprint density at radius 3 is 1.43 bits per heavy atom. The zero-order chi connectivity index (χ0) is 21.3. The van der Waals surface area contributed by atoms with E-state index < -0.39 is 23.3 Å². The molecule has 0 heterocycles. The van der Waals surface area contributed by atoms with Gasteiger partial charge in [-0.15, -0.1) is 0 Å². The molecule has 0 radical (unpaired) electrons. The number of halogens is 4. The van der Waals surface area contributed by atoms with Gasteiger partial charge in [-0.1, -0.05) is 67.6 Å². The Bertz CT molecular complexity index is 1170. The smallest absolute Gasteiger partial charge is 0.194 e. The largest absolute Gasteiger partial charge is 0.206 e. The van der Waals surface area contributed by atoms with E-state index in [9.17, 15) is 17.6 Å². The molecule has 0 aliphatic carbocycles. The highest BCUT2D eigenvalue weighted by atomic mass is 19.2. The molecule has 0 bridgehead atoms. The molecule has 0 saturated heterocycles. The lowest BCUT2D eigenvalue weighted by atomic mass is 9.97. The highest BCUT2D eigenvalue weighted by Gasteiger charge is 2.14. The molecule has 30 heavy (non-hydrogen) atoms. The maximum Gasteiger partial charge on any atom is 0.194 e. The first-order valence-electron chi connectivity index (χ1n) is 9.60. The Balaban J connectivity index is 1.62. The molecule has 0 atom stereocenters. The van der Waals surface area contributed by atoms with Gasteiger partial charge >= 0.3 is 0 Å². The van der Waals surface area contributed by atoms with Crippen LogP contribution in [0.15, 0.2) is 78.9 Å². The molecule has 0 unspecified atom stereocenters. The predicted octanol–water partition coefficient (Wildman–Crippen LogP) is 7.81. The molecule has 0 aliphatic rings. The quantitative estimate of drug-likeness (QED) is 0.239.